The molecule has 130 valence electrons. The Bertz CT molecular complexity index is 683. The summed E-state index contributed by atoms with van der Waals surface area (Å²) in [5.41, 5.74) is 1.07. The zero-order valence-electron chi connectivity index (χ0n) is 14.6. The van der Waals surface area contributed by atoms with Crippen LogP contribution in [0.4, 0.5) is 0 Å². The Morgan fingerprint density at radius 1 is 1.08 bits per heavy atom. The monoisotopic (exact) mass is 345 g/mol. The maximum Gasteiger partial charge on any atom is 0.217 e. The summed E-state index contributed by atoms with van der Waals surface area (Å²) in [6.45, 7) is 11.0. The third-order valence-corrected chi connectivity index (χ3v) is 4.87. The van der Waals surface area contributed by atoms with Gasteiger partial charge in [0.25, 0.3) is 0 Å². The first kappa shape index (κ1) is 17.3. The van der Waals surface area contributed by atoms with E-state index in [0.29, 0.717) is 4.77 Å². The first-order valence-electron chi connectivity index (χ1n) is 8.79. The Balaban J connectivity index is 1.56. The number of hydrogen-bond acceptors (Lipinski definition) is 4. The Labute approximate surface area is 149 Å². The summed E-state index contributed by atoms with van der Waals surface area (Å²) in [7, 11) is 0. The van der Waals surface area contributed by atoms with Crippen LogP contribution in [-0.4, -0.2) is 57.3 Å². The van der Waals surface area contributed by atoms with Gasteiger partial charge in [-0.1, -0.05) is 44.2 Å². The molecule has 1 aliphatic rings. The maximum absolute atomic E-state index is 5.42. The lowest BCUT2D eigenvalue weighted by atomic mass is 10.1. The molecule has 1 aromatic carbocycles. The summed E-state index contributed by atoms with van der Waals surface area (Å²) in [5, 5.41) is 3.34. The zero-order valence-corrected chi connectivity index (χ0v) is 15.4. The van der Waals surface area contributed by atoms with Crippen LogP contribution >= 0.6 is 12.2 Å². The van der Waals surface area contributed by atoms with Crippen molar-refractivity contribution in [3.63, 3.8) is 0 Å². The van der Waals surface area contributed by atoms with Crippen LogP contribution in [0.1, 0.15) is 20.3 Å². The Morgan fingerprint density at radius 3 is 2.42 bits per heavy atom. The van der Waals surface area contributed by atoms with Crippen molar-refractivity contribution in [2.24, 2.45) is 5.92 Å². The molecule has 24 heavy (non-hydrogen) atoms. The molecule has 2 aromatic rings. The van der Waals surface area contributed by atoms with Crippen LogP contribution in [0, 0.1) is 10.7 Å². The molecular weight excluding hydrogens is 318 g/mol. The normalized spacial score (nSPS) is 16.8. The second-order valence-corrected chi connectivity index (χ2v) is 7.30. The summed E-state index contributed by atoms with van der Waals surface area (Å²) >= 11 is 5.42. The van der Waals surface area contributed by atoms with E-state index in [1.807, 2.05) is 35.0 Å². The summed E-state index contributed by atoms with van der Waals surface area (Å²) in [4.78, 5) is 9.50. The number of aromatic nitrogens is 3. The molecular formula is C18H27N5S. The Kier molecular flexibility index (Phi) is 5.81. The van der Waals surface area contributed by atoms with E-state index < -0.39 is 0 Å². The number of rotatable bonds is 6. The van der Waals surface area contributed by atoms with Gasteiger partial charge in [-0.05, 0) is 31.1 Å². The highest BCUT2D eigenvalue weighted by Crippen LogP contribution is 2.14. The molecule has 1 N–H and O–H groups in total. The number of aromatic amines is 1. The molecule has 0 amide bonds. The smallest absolute Gasteiger partial charge is 0.217 e. The van der Waals surface area contributed by atoms with Gasteiger partial charge in [0.1, 0.15) is 0 Å². The minimum atomic E-state index is 0.621. The van der Waals surface area contributed by atoms with Crippen molar-refractivity contribution in [3.05, 3.63) is 35.1 Å². The van der Waals surface area contributed by atoms with Crippen molar-refractivity contribution >= 4 is 12.2 Å². The fourth-order valence-corrected chi connectivity index (χ4v) is 3.17. The lowest BCUT2D eigenvalue weighted by molar-refractivity contribution is 0.0995. The number of benzene rings is 1. The van der Waals surface area contributed by atoms with Crippen molar-refractivity contribution in [1.29, 1.82) is 0 Å². The highest BCUT2D eigenvalue weighted by atomic mass is 32.1. The van der Waals surface area contributed by atoms with Gasteiger partial charge in [-0.15, -0.1) is 0 Å². The summed E-state index contributed by atoms with van der Waals surface area (Å²) in [6, 6.07) is 10.1. The van der Waals surface area contributed by atoms with E-state index in [-0.39, 0.29) is 0 Å². The first-order chi connectivity index (χ1) is 11.6. The van der Waals surface area contributed by atoms with Gasteiger partial charge in [-0.25, -0.2) is 4.68 Å². The molecule has 0 unspecified atom stereocenters. The van der Waals surface area contributed by atoms with E-state index in [4.69, 9.17) is 12.2 Å². The van der Waals surface area contributed by atoms with Crippen molar-refractivity contribution in [2.45, 2.75) is 26.9 Å². The minimum absolute atomic E-state index is 0.621. The Morgan fingerprint density at radius 2 is 1.75 bits per heavy atom. The molecule has 0 spiro atoms. The van der Waals surface area contributed by atoms with Gasteiger partial charge < -0.3 is 4.90 Å². The third-order valence-electron chi connectivity index (χ3n) is 4.56. The molecule has 1 aromatic heterocycles. The standard InChI is InChI=1S/C18H27N5S/c1-15(2)8-9-21-10-12-22(13-11-21)14-23-18(24)19-17(20-23)16-6-4-3-5-7-16/h3-7,15H,8-14H2,1-2H3,(H,19,20,24). The first-order valence-corrected chi connectivity index (χ1v) is 9.19. The van der Waals surface area contributed by atoms with Crippen molar-refractivity contribution in [1.82, 2.24) is 24.6 Å². The van der Waals surface area contributed by atoms with Crippen LogP contribution in [-0.2, 0) is 6.67 Å². The number of H-pyrrole nitrogens is 1. The quantitative estimate of drug-likeness (QED) is 0.816. The van der Waals surface area contributed by atoms with Gasteiger partial charge in [-0.2, -0.15) is 4.98 Å². The minimum Gasteiger partial charge on any atom is -0.301 e. The van der Waals surface area contributed by atoms with E-state index in [1.54, 1.807) is 0 Å². The fourth-order valence-electron chi connectivity index (χ4n) is 2.97. The number of hydrogen-bond donors (Lipinski definition) is 1. The topological polar surface area (TPSA) is 40.1 Å². The highest BCUT2D eigenvalue weighted by Gasteiger charge is 2.17. The van der Waals surface area contributed by atoms with Crippen LogP contribution in [0.2, 0.25) is 0 Å². The number of nitrogens with zero attached hydrogens (tertiary/aromatic N) is 4. The van der Waals surface area contributed by atoms with Crippen LogP contribution in [0.5, 0.6) is 0 Å². The van der Waals surface area contributed by atoms with E-state index in [2.05, 4.69) is 33.7 Å². The average Bonchev–Trinajstić information content (AvgIpc) is 2.96. The van der Waals surface area contributed by atoms with Gasteiger partial charge in [0.2, 0.25) is 4.77 Å². The molecule has 5 nitrogen and oxygen atoms in total. The molecule has 1 fully saturated rings. The molecule has 0 aliphatic carbocycles. The largest absolute Gasteiger partial charge is 0.301 e. The molecule has 0 radical (unpaired) electrons. The van der Waals surface area contributed by atoms with Crippen molar-refractivity contribution in [3.8, 4) is 11.4 Å². The predicted octanol–water partition coefficient (Wildman–Crippen LogP) is 3.23. The second kappa shape index (κ2) is 8.05. The SMILES string of the molecule is CC(C)CCN1CCN(Cn2[nH]c(-c3ccccc3)nc2=S)CC1. The molecule has 1 saturated heterocycles. The van der Waals surface area contributed by atoms with Crippen molar-refractivity contribution in [2.75, 3.05) is 32.7 Å². The molecule has 0 atom stereocenters. The molecule has 2 heterocycles. The van der Waals surface area contributed by atoms with E-state index in [0.717, 1.165) is 50.2 Å². The predicted molar refractivity (Wildman–Crippen MR) is 100 cm³/mol. The lowest BCUT2D eigenvalue weighted by Crippen LogP contribution is -2.47. The summed E-state index contributed by atoms with van der Waals surface area (Å²) in [6.07, 6.45) is 1.28. The van der Waals surface area contributed by atoms with Gasteiger partial charge >= 0.3 is 0 Å². The lowest BCUT2D eigenvalue weighted by Gasteiger charge is -2.34. The Hall–Kier alpha value is -1.50. The third kappa shape index (κ3) is 4.53. The van der Waals surface area contributed by atoms with E-state index >= 15 is 0 Å². The van der Waals surface area contributed by atoms with Crippen LogP contribution in [0.15, 0.2) is 30.3 Å². The molecule has 0 bridgehead atoms. The van der Waals surface area contributed by atoms with Crippen LogP contribution < -0.4 is 0 Å². The number of piperazine rings is 1. The maximum atomic E-state index is 5.42. The molecule has 1 aliphatic heterocycles. The molecule has 3 rings (SSSR count). The van der Waals surface area contributed by atoms with Gasteiger partial charge in [0.15, 0.2) is 5.82 Å². The van der Waals surface area contributed by atoms with E-state index in [1.165, 1.54) is 13.0 Å². The number of nitrogens with one attached hydrogen (secondary N) is 1. The average molecular weight is 346 g/mol. The zero-order chi connectivity index (χ0) is 16.9. The van der Waals surface area contributed by atoms with E-state index in [9.17, 15) is 0 Å². The van der Waals surface area contributed by atoms with Gasteiger partial charge in [0.05, 0.1) is 6.67 Å². The molecule has 6 heteroatoms. The van der Waals surface area contributed by atoms with Gasteiger partial charge in [-0.3, -0.25) is 10.00 Å². The second-order valence-electron chi connectivity index (χ2n) is 6.93. The summed E-state index contributed by atoms with van der Waals surface area (Å²) < 4.78 is 2.60. The van der Waals surface area contributed by atoms with Crippen LogP contribution in [0.25, 0.3) is 11.4 Å². The highest BCUT2D eigenvalue weighted by molar-refractivity contribution is 7.71. The fraction of sp³-hybridized carbons (Fsp3) is 0.556. The van der Waals surface area contributed by atoms with Gasteiger partial charge in [0, 0.05) is 31.7 Å². The van der Waals surface area contributed by atoms with Crippen LogP contribution in [0.3, 0.4) is 0 Å². The van der Waals surface area contributed by atoms with Crippen molar-refractivity contribution < 1.29 is 0 Å². The molecule has 0 saturated carbocycles. The summed E-state index contributed by atoms with van der Waals surface area (Å²) in [5.74, 6) is 1.62.